The molecule has 26 heavy (non-hydrogen) atoms. The molecule has 3 rings (SSSR count). The third kappa shape index (κ3) is 5.62. The molecule has 0 aliphatic carbocycles. The molecule has 9 heteroatoms. The third-order valence-corrected chi connectivity index (χ3v) is 5.44. The van der Waals surface area contributed by atoms with Crippen LogP contribution in [0.1, 0.15) is 22.5 Å². The van der Waals surface area contributed by atoms with Crippen LogP contribution in [0, 0.1) is 5.41 Å². The lowest BCUT2D eigenvalue weighted by Gasteiger charge is -2.37. The lowest BCUT2D eigenvalue weighted by Crippen LogP contribution is -2.47. The van der Waals surface area contributed by atoms with Gasteiger partial charge in [0.2, 0.25) is 0 Å². The minimum Gasteiger partial charge on any atom is -0.384 e. The summed E-state index contributed by atoms with van der Waals surface area (Å²) in [6.45, 7) is 3.22. The van der Waals surface area contributed by atoms with E-state index in [0.717, 1.165) is 36.5 Å². The Morgan fingerprint density at radius 1 is 1.31 bits per heavy atom. The van der Waals surface area contributed by atoms with Crippen molar-refractivity contribution in [1.29, 1.82) is 0 Å². The van der Waals surface area contributed by atoms with Gasteiger partial charge in [0, 0.05) is 37.0 Å². The summed E-state index contributed by atoms with van der Waals surface area (Å²) in [6, 6.07) is 3.78. The van der Waals surface area contributed by atoms with Crippen molar-refractivity contribution in [2.45, 2.75) is 12.8 Å². The fourth-order valence-electron chi connectivity index (χ4n) is 3.00. The van der Waals surface area contributed by atoms with E-state index in [1.807, 2.05) is 12.1 Å². The van der Waals surface area contributed by atoms with Crippen LogP contribution < -0.4 is 10.6 Å². The normalized spacial score (nSPS) is 15.4. The Kier molecular flexibility index (Phi) is 9.46. The summed E-state index contributed by atoms with van der Waals surface area (Å²) in [4.78, 5) is 21.4. The van der Waals surface area contributed by atoms with Crippen molar-refractivity contribution in [3.8, 4) is 10.6 Å². The second kappa shape index (κ2) is 10.8. The maximum atomic E-state index is 12.5. The van der Waals surface area contributed by atoms with Gasteiger partial charge in [-0.05, 0) is 38.1 Å². The number of amides is 1. The molecule has 2 aromatic rings. The second-order valence-corrected chi connectivity index (χ2v) is 7.16. The van der Waals surface area contributed by atoms with Gasteiger partial charge in [-0.25, -0.2) is 4.98 Å². The van der Waals surface area contributed by atoms with E-state index in [0.29, 0.717) is 18.0 Å². The van der Waals surface area contributed by atoms with E-state index in [1.54, 1.807) is 25.7 Å². The number of carbonyl (C=O) groups excluding carboxylic acids is 1. The first kappa shape index (κ1) is 22.8. The molecule has 1 aliphatic rings. The molecule has 2 N–H and O–H groups in total. The van der Waals surface area contributed by atoms with Crippen LogP contribution in [0.2, 0.25) is 0 Å². The Labute approximate surface area is 170 Å². The van der Waals surface area contributed by atoms with Crippen molar-refractivity contribution < 1.29 is 9.53 Å². The number of rotatable bonds is 6. The van der Waals surface area contributed by atoms with Gasteiger partial charge in [0.15, 0.2) is 0 Å². The molecule has 3 heterocycles. The van der Waals surface area contributed by atoms with Gasteiger partial charge in [-0.15, -0.1) is 36.2 Å². The van der Waals surface area contributed by atoms with Crippen LogP contribution in [0.15, 0.2) is 30.7 Å². The fraction of sp³-hybridized carbons (Fsp3) is 0.471. The molecule has 1 amide bonds. The van der Waals surface area contributed by atoms with Gasteiger partial charge in [0.25, 0.3) is 5.91 Å². The molecule has 1 aliphatic heterocycles. The van der Waals surface area contributed by atoms with Crippen molar-refractivity contribution in [1.82, 2.24) is 20.6 Å². The third-order valence-electron chi connectivity index (χ3n) is 4.40. The molecule has 1 saturated heterocycles. The van der Waals surface area contributed by atoms with Crippen molar-refractivity contribution in [2.75, 3.05) is 33.4 Å². The summed E-state index contributed by atoms with van der Waals surface area (Å²) < 4.78 is 5.39. The zero-order valence-corrected chi connectivity index (χ0v) is 17.0. The van der Waals surface area contributed by atoms with Crippen LogP contribution in [-0.4, -0.2) is 49.2 Å². The standard InChI is InChI=1S/C17H22N4O2S.2ClH/c1-23-12-17(4-8-19-9-5-17)11-21-15(22)14-10-20-16(24-14)13-2-6-18-7-3-13;;/h2-3,6-7,10,19H,4-5,8-9,11-12H2,1H3,(H,21,22);2*1H. The van der Waals surface area contributed by atoms with Crippen LogP contribution in [0.5, 0.6) is 0 Å². The predicted molar refractivity (Wildman–Crippen MR) is 109 cm³/mol. The quantitative estimate of drug-likeness (QED) is 0.753. The first-order valence-electron chi connectivity index (χ1n) is 8.07. The first-order valence-corrected chi connectivity index (χ1v) is 8.88. The molecule has 1 fully saturated rings. The molecule has 0 saturated carbocycles. The molecule has 6 nitrogen and oxygen atoms in total. The predicted octanol–water partition coefficient (Wildman–Crippen LogP) is 2.79. The Hall–Kier alpha value is -1.25. The monoisotopic (exact) mass is 418 g/mol. The maximum Gasteiger partial charge on any atom is 0.263 e. The summed E-state index contributed by atoms with van der Waals surface area (Å²) in [7, 11) is 1.72. The smallest absolute Gasteiger partial charge is 0.263 e. The number of nitrogens with one attached hydrogen (secondary N) is 2. The molecule has 0 atom stereocenters. The fourth-order valence-corrected chi connectivity index (χ4v) is 3.84. The van der Waals surface area contributed by atoms with Crippen molar-refractivity contribution in [2.24, 2.45) is 5.41 Å². The molecule has 0 unspecified atom stereocenters. The number of thiazole rings is 1. The number of ether oxygens (including phenoxy) is 1. The van der Waals surface area contributed by atoms with Gasteiger partial charge in [-0.1, -0.05) is 0 Å². The lowest BCUT2D eigenvalue weighted by atomic mass is 9.79. The Morgan fingerprint density at radius 3 is 2.65 bits per heavy atom. The summed E-state index contributed by atoms with van der Waals surface area (Å²) in [6.07, 6.45) is 7.10. The Morgan fingerprint density at radius 2 is 2.00 bits per heavy atom. The van der Waals surface area contributed by atoms with E-state index in [4.69, 9.17) is 4.74 Å². The molecule has 0 aromatic carbocycles. The van der Waals surface area contributed by atoms with E-state index >= 15 is 0 Å². The molecular formula is C17H24Cl2N4O2S. The topological polar surface area (TPSA) is 76.1 Å². The number of aromatic nitrogens is 2. The number of piperidine rings is 1. The van der Waals surface area contributed by atoms with Crippen molar-refractivity contribution >= 4 is 42.1 Å². The largest absolute Gasteiger partial charge is 0.384 e. The van der Waals surface area contributed by atoms with Gasteiger partial charge in [0.1, 0.15) is 9.88 Å². The molecule has 2 aromatic heterocycles. The first-order chi connectivity index (χ1) is 11.7. The Bertz CT molecular complexity index is 673. The minimum atomic E-state index is -0.0678. The zero-order chi connectivity index (χ0) is 16.8. The van der Waals surface area contributed by atoms with Crippen LogP contribution in [0.4, 0.5) is 0 Å². The van der Waals surface area contributed by atoms with Gasteiger partial charge < -0.3 is 15.4 Å². The lowest BCUT2D eigenvalue weighted by molar-refractivity contribution is 0.0512. The number of hydrogen-bond acceptors (Lipinski definition) is 6. The Balaban J connectivity index is 0.00000169. The number of methoxy groups -OCH3 is 1. The average Bonchev–Trinajstić information content (AvgIpc) is 3.12. The summed E-state index contributed by atoms with van der Waals surface area (Å²) >= 11 is 1.40. The van der Waals surface area contributed by atoms with Crippen molar-refractivity contribution in [3.05, 3.63) is 35.6 Å². The SMILES string of the molecule is COCC1(CNC(=O)c2cnc(-c3ccncc3)s2)CCNCC1.Cl.Cl. The highest BCUT2D eigenvalue weighted by Crippen LogP contribution is 2.29. The van der Waals surface area contributed by atoms with Gasteiger partial charge in [0.05, 0.1) is 12.8 Å². The average molecular weight is 419 g/mol. The van der Waals surface area contributed by atoms with Crippen LogP contribution in [0.25, 0.3) is 10.6 Å². The highest BCUT2D eigenvalue weighted by Gasteiger charge is 2.32. The number of halogens is 2. The van der Waals surface area contributed by atoms with Gasteiger partial charge >= 0.3 is 0 Å². The molecular weight excluding hydrogens is 395 g/mol. The highest BCUT2D eigenvalue weighted by molar-refractivity contribution is 7.16. The summed E-state index contributed by atoms with van der Waals surface area (Å²) in [5.74, 6) is -0.0678. The molecule has 0 spiro atoms. The minimum absolute atomic E-state index is 0. The second-order valence-electron chi connectivity index (χ2n) is 6.13. The van der Waals surface area contributed by atoms with E-state index < -0.39 is 0 Å². The van der Waals surface area contributed by atoms with Crippen LogP contribution >= 0.6 is 36.2 Å². The number of nitrogens with zero attached hydrogens (tertiary/aromatic N) is 2. The molecule has 0 radical (unpaired) electrons. The van der Waals surface area contributed by atoms with Gasteiger partial charge in [-0.2, -0.15) is 0 Å². The number of carbonyl (C=O) groups is 1. The van der Waals surface area contributed by atoms with E-state index in [9.17, 15) is 4.79 Å². The summed E-state index contributed by atoms with van der Waals surface area (Å²) in [5, 5.41) is 7.26. The number of pyridine rings is 1. The van der Waals surface area contributed by atoms with Crippen LogP contribution in [0.3, 0.4) is 0 Å². The molecule has 144 valence electrons. The number of hydrogen-bond donors (Lipinski definition) is 2. The highest BCUT2D eigenvalue weighted by atomic mass is 35.5. The van der Waals surface area contributed by atoms with E-state index in [2.05, 4.69) is 20.6 Å². The zero-order valence-electron chi connectivity index (χ0n) is 14.6. The molecule has 0 bridgehead atoms. The van der Waals surface area contributed by atoms with E-state index in [1.165, 1.54) is 11.3 Å². The van der Waals surface area contributed by atoms with Gasteiger partial charge in [-0.3, -0.25) is 9.78 Å². The summed E-state index contributed by atoms with van der Waals surface area (Å²) in [5.41, 5.74) is 0.997. The van der Waals surface area contributed by atoms with E-state index in [-0.39, 0.29) is 36.1 Å². The maximum absolute atomic E-state index is 12.5. The van der Waals surface area contributed by atoms with Crippen LogP contribution in [-0.2, 0) is 4.74 Å². The van der Waals surface area contributed by atoms with Crippen molar-refractivity contribution in [3.63, 3.8) is 0 Å².